The van der Waals surface area contributed by atoms with E-state index in [1.54, 1.807) is 0 Å². The molecule has 0 bridgehead atoms. The maximum absolute atomic E-state index is 11.9. The third-order valence-corrected chi connectivity index (χ3v) is 2.63. The molecule has 2 unspecified atom stereocenters. The van der Waals surface area contributed by atoms with E-state index in [-0.39, 0.29) is 19.8 Å². The molecule has 1 heterocycles. The van der Waals surface area contributed by atoms with Gasteiger partial charge in [-0.3, -0.25) is 0 Å². The molecule has 1 saturated heterocycles. The van der Waals surface area contributed by atoms with Gasteiger partial charge in [0.15, 0.2) is 6.04 Å². The van der Waals surface area contributed by atoms with Crippen LogP contribution in [0.1, 0.15) is 0 Å². The van der Waals surface area contributed by atoms with E-state index in [9.17, 15) is 9.59 Å². The average molecular weight is 262 g/mol. The second kappa shape index (κ2) is 7.14. The topological polar surface area (TPSA) is 108 Å². The van der Waals surface area contributed by atoms with Crippen LogP contribution < -0.4 is 5.32 Å². The quantitative estimate of drug-likeness (QED) is 0.556. The number of nitrogens with zero attached hydrogens (tertiary/aromatic N) is 1. The number of aliphatic hydroxyl groups is 1. The van der Waals surface area contributed by atoms with Gasteiger partial charge in [0, 0.05) is 13.7 Å². The molecule has 0 aromatic heterocycles. The summed E-state index contributed by atoms with van der Waals surface area (Å²) in [5.41, 5.74) is 0. The summed E-state index contributed by atoms with van der Waals surface area (Å²) in [7, 11) is 1.35. The molecule has 0 saturated carbocycles. The number of aliphatic hydroxyl groups excluding tert-OH is 1. The molecule has 18 heavy (non-hydrogen) atoms. The molecular formula is C10H18N2O6. The number of urea groups is 1. The van der Waals surface area contributed by atoms with Crippen LogP contribution in [0.15, 0.2) is 0 Å². The summed E-state index contributed by atoms with van der Waals surface area (Å²) in [6.07, 6.45) is 0. The summed E-state index contributed by atoms with van der Waals surface area (Å²) < 4.78 is 9.85. The van der Waals surface area contributed by atoms with Gasteiger partial charge in [-0.05, 0) is 0 Å². The van der Waals surface area contributed by atoms with Gasteiger partial charge in [0.25, 0.3) is 0 Å². The maximum atomic E-state index is 11.9. The van der Waals surface area contributed by atoms with Gasteiger partial charge in [0.05, 0.1) is 32.5 Å². The highest BCUT2D eigenvalue weighted by molar-refractivity contribution is 5.82. The van der Waals surface area contributed by atoms with Crippen molar-refractivity contribution in [1.82, 2.24) is 10.2 Å². The van der Waals surface area contributed by atoms with Crippen molar-refractivity contribution in [3.63, 3.8) is 0 Å². The molecule has 1 rings (SSSR count). The minimum Gasteiger partial charge on any atom is -0.480 e. The first-order valence-corrected chi connectivity index (χ1v) is 5.57. The van der Waals surface area contributed by atoms with Crippen molar-refractivity contribution in [1.29, 1.82) is 0 Å². The second-order valence-electron chi connectivity index (χ2n) is 3.90. The zero-order valence-electron chi connectivity index (χ0n) is 10.2. The first-order valence-electron chi connectivity index (χ1n) is 5.57. The van der Waals surface area contributed by atoms with Crippen LogP contribution in [0.3, 0.4) is 0 Å². The van der Waals surface area contributed by atoms with E-state index >= 15 is 0 Å². The highest BCUT2D eigenvalue weighted by Gasteiger charge is 2.29. The summed E-state index contributed by atoms with van der Waals surface area (Å²) in [6.45, 7) is 0.582. The van der Waals surface area contributed by atoms with Gasteiger partial charge in [-0.25, -0.2) is 9.59 Å². The molecule has 2 amide bonds. The van der Waals surface area contributed by atoms with E-state index < -0.39 is 24.1 Å². The van der Waals surface area contributed by atoms with Crippen LogP contribution in [-0.2, 0) is 14.3 Å². The Labute approximate surface area is 104 Å². The summed E-state index contributed by atoms with van der Waals surface area (Å²) in [4.78, 5) is 24.1. The molecule has 8 heteroatoms. The van der Waals surface area contributed by atoms with Crippen molar-refractivity contribution in [2.24, 2.45) is 0 Å². The van der Waals surface area contributed by atoms with Crippen LogP contribution >= 0.6 is 0 Å². The van der Waals surface area contributed by atoms with Gasteiger partial charge in [0.2, 0.25) is 0 Å². The molecule has 1 aliphatic heterocycles. The highest BCUT2D eigenvalue weighted by Crippen LogP contribution is 2.07. The van der Waals surface area contributed by atoms with Gasteiger partial charge in [-0.1, -0.05) is 0 Å². The van der Waals surface area contributed by atoms with E-state index in [1.165, 1.54) is 12.0 Å². The minimum atomic E-state index is -1.17. The van der Waals surface area contributed by atoms with Crippen LogP contribution in [0.25, 0.3) is 0 Å². The van der Waals surface area contributed by atoms with Crippen molar-refractivity contribution in [2.75, 3.05) is 40.1 Å². The minimum absolute atomic E-state index is 0.116. The largest absolute Gasteiger partial charge is 0.480 e. The molecule has 2 atom stereocenters. The smallest absolute Gasteiger partial charge is 0.328 e. The number of carboxylic acid groups (broad SMARTS) is 1. The maximum Gasteiger partial charge on any atom is 0.328 e. The average Bonchev–Trinajstić information content (AvgIpc) is 2.37. The number of hydrogen-bond acceptors (Lipinski definition) is 5. The number of carbonyl (C=O) groups is 2. The van der Waals surface area contributed by atoms with Gasteiger partial charge in [0.1, 0.15) is 0 Å². The lowest BCUT2D eigenvalue weighted by molar-refractivity contribution is -0.140. The first kappa shape index (κ1) is 14.7. The molecule has 0 radical (unpaired) electrons. The number of methoxy groups -OCH3 is 1. The molecule has 104 valence electrons. The van der Waals surface area contributed by atoms with Gasteiger partial charge >= 0.3 is 12.0 Å². The van der Waals surface area contributed by atoms with E-state index in [1.807, 2.05) is 0 Å². The summed E-state index contributed by atoms with van der Waals surface area (Å²) in [6, 6.07) is -2.10. The molecule has 1 aliphatic rings. The predicted octanol–water partition coefficient (Wildman–Crippen LogP) is -1.51. The standard InChI is InChI=1S/C10H18N2O6/c1-17-6-8(9(14)15)11-10(16)12-2-3-18-5-7(12)4-13/h7-8,13H,2-6H2,1H3,(H,11,16)(H,14,15). The van der Waals surface area contributed by atoms with Crippen molar-refractivity contribution >= 4 is 12.0 Å². The predicted molar refractivity (Wildman–Crippen MR) is 60.2 cm³/mol. The fourth-order valence-electron chi connectivity index (χ4n) is 1.65. The summed E-state index contributed by atoms with van der Waals surface area (Å²) in [5.74, 6) is -1.17. The Balaban J connectivity index is 2.58. The molecule has 3 N–H and O–H groups in total. The normalized spacial score (nSPS) is 21.4. The Morgan fingerprint density at radius 3 is 2.89 bits per heavy atom. The fourth-order valence-corrected chi connectivity index (χ4v) is 1.65. The van der Waals surface area contributed by atoms with E-state index in [4.69, 9.17) is 19.7 Å². The van der Waals surface area contributed by atoms with Crippen LogP contribution in [-0.4, -0.2) is 79.3 Å². The number of aliphatic carboxylic acids is 1. The Bertz CT molecular complexity index is 298. The summed E-state index contributed by atoms with van der Waals surface area (Å²) >= 11 is 0. The number of rotatable bonds is 5. The van der Waals surface area contributed by atoms with Crippen molar-refractivity contribution in [3.8, 4) is 0 Å². The number of carbonyl (C=O) groups excluding carboxylic acids is 1. The fraction of sp³-hybridized carbons (Fsp3) is 0.800. The highest BCUT2D eigenvalue weighted by atomic mass is 16.5. The lowest BCUT2D eigenvalue weighted by atomic mass is 10.2. The Morgan fingerprint density at radius 2 is 2.33 bits per heavy atom. The first-order chi connectivity index (χ1) is 8.60. The van der Waals surface area contributed by atoms with E-state index in [0.29, 0.717) is 13.2 Å². The Kier molecular flexibility index (Phi) is 5.83. The third-order valence-electron chi connectivity index (χ3n) is 2.63. The van der Waals surface area contributed by atoms with Gasteiger partial charge < -0.3 is 29.9 Å². The van der Waals surface area contributed by atoms with Crippen LogP contribution in [0.5, 0.6) is 0 Å². The van der Waals surface area contributed by atoms with Crippen molar-refractivity contribution in [2.45, 2.75) is 12.1 Å². The van der Waals surface area contributed by atoms with Crippen LogP contribution in [0.4, 0.5) is 4.79 Å². The molecule has 0 aromatic carbocycles. The zero-order chi connectivity index (χ0) is 13.5. The van der Waals surface area contributed by atoms with Crippen molar-refractivity contribution in [3.05, 3.63) is 0 Å². The SMILES string of the molecule is COCC(NC(=O)N1CCOCC1CO)C(=O)O. The lowest BCUT2D eigenvalue weighted by Gasteiger charge is -2.35. The van der Waals surface area contributed by atoms with Gasteiger partial charge in [-0.2, -0.15) is 0 Å². The second-order valence-corrected chi connectivity index (χ2v) is 3.90. The molecule has 0 spiro atoms. The van der Waals surface area contributed by atoms with Crippen LogP contribution in [0.2, 0.25) is 0 Å². The van der Waals surface area contributed by atoms with Crippen LogP contribution in [0, 0.1) is 0 Å². The summed E-state index contributed by atoms with van der Waals surface area (Å²) in [5, 5.41) is 20.3. The number of nitrogens with one attached hydrogen (secondary N) is 1. The van der Waals surface area contributed by atoms with Crippen molar-refractivity contribution < 1.29 is 29.3 Å². The molecule has 0 aromatic rings. The lowest BCUT2D eigenvalue weighted by Crippen LogP contribution is -2.57. The number of amides is 2. The molecule has 0 aliphatic carbocycles. The monoisotopic (exact) mass is 262 g/mol. The Hall–Kier alpha value is -1.38. The molecule has 8 nitrogen and oxygen atoms in total. The molecular weight excluding hydrogens is 244 g/mol. The third kappa shape index (κ3) is 3.83. The number of carboxylic acids is 1. The van der Waals surface area contributed by atoms with Gasteiger partial charge in [-0.15, -0.1) is 0 Å². The van der Waals surface area contributed by atoms with E-state index in [0.717, 1.165) is 0 Å². The number of ether oxygens (including phenoxy) is 2. The molecule has 1 fully saturated rings. The van der Waals surface area contributed by atoms with E-state index in [2.05, 4.69) is 5.32 Å². The Morgan fingerprint density at radius 1 is 1.61 bits per heavy atom. The zero-order valence-corrected chi connectivity index (χ0v) is 10.2. The number of morpholine rings is 1. The number of hydrogen-bond donors (Lipinski definition) is 3.